The molecule has 0 aliphatic heterocycles. The van der Waals surface area contributed by atoms with Crippen LogP contribution in [0.2, 0.25) is 10.0 Å². The number of rotatable bonds is 19. The van der Waals surface area contributed by atoms with E-state index in [0.717, 1.165) is 5.69 Å². The minimum atomic E-state index is -1.04. The molecule has 0 spiro atoms. The molecule has 1 heterocycles. The lowest BCUT2D eigenvalue weighted by Crippen LogP contribution is -2.22. The summed E-state index contributed by atoms with van der Waals surface area (Å²) in [7, 11) is 0. The summed E-state index contributed by atoms with van der Waals surface area (Å²) in [6, 6.07) is 15.3. The maximum atomic E-state index is 11.4. The van der Waals surface area contributed by atoms with Crippen LogP contribution in [-0.2, 0) is 23.0 Å². The summed E-state index contributed by atoms with van der Waals surface area (Å²) in [5, 5.41) is 12.9. The quantitative estimate of drug-likeness (QED) is 0.0712. The normalized spacial score (nSPS) is 11.4. The van der Waals surface area contributed by atoms with E-state index in [1.165, 1.54) is 6.07 Å². The zero-order valence-electron chi connectivity index (χ0n) is 22.1. The van der Waals surface area contributed by atoms with Gasteiger partial charge in [0.2, 0.25) is 0 Å². The molecule has 0 atom stereocenters. The van der Waals surface area contributed by atoms with Crippen molar-refractivity contribution in [3.05, 3.63) is 82.1 Å². The molecular weight excluding hydrogens is 611 g/mol. The van der Waals surface area contributed by atoms with Gasteiger partial charge < -0.3 is 34.1 Å². The maximum absolute atomic E-state index is 11.4. The number of hydrogen-bond donors (Lipinski definition) is 4. The highest BCUT2D eigenvalue weighted by Crippen LogP contribution is 2.37. The Kier molecular flexibility index (Phi) is 14.3. The summed E-state index contributed by atoms with van der Waals surface area (Å²) < 4.78 is 27.0. The van der Waals surface area contributed by atoms with Gasteiger partial charge in [0.25, 0.3) is 0 Å². The summed E-state index contributed by atoms with van der Waals surface area (Å²) in [4.78, 5) is 15.7. The SMILES string of the molecule is O=C(O)c1ccccc1Nc1cc(Cl)c(OCCOCCOCCOCCOCC(S)(S)c2ccccn2)c(Cl)c1. The van der Waals surface area contributed by atoms with Crippen LogP contribution in [-0.4, -0.2) is 75.5 Å². The molecule has 2 aromatic carbocycles. The smallest absolute Gasteiger partial charge is 0.337 e. The molecule has 0 radical (unpaired) electrons. The van der Waals surface area contributed by atoms with Crippen molar-refractivity contribution in [2.45, 2.75) is 4.08 Å². The summed E-state index contributed by atoms with van der Waals surface area (Å²) in [6.45, 7) is 3.33. The molecule has 3 aromatic rings. The molecule has 0 aliphatic carbocycles. The highest BCUT2D eigenvalue weighted by atomic mass is 35.5. The topological polar surface area (TPSA) is 108 Å². The predicted octanol–water partition coefficient (Wildman–Crippen LogP) is 5.99. The largest absolute Gasteiger partial charge is 0.488 e. The van der Waals surface area contributed by atoms with Crippen LogP contribution >= 0.6 is 48.5 Å². The molecule has 0 saturated carbocycles. The van der Waals surface area contributed by atoms with Crippen LogP contribution < -0.4 is 10.1 Å². The lowest BCUT2D eigenvalue weighted by molar-refractivity contribution is -0.00499. The second kappa shape index (κ2) is 17.7. The van der Waals surface area contributed by atoms with Gasteiger partial charge in [0, 0.05) is 11.9 Å². The van der Waals surface area contributed by atoms with Gasteiger partial charge in [0.05, 0.1) is 79.8 Å². The van der Waals surface area contributed by atoms with E-state index in [-0.39, 0.29) is 22.2 Å². The van der Waals surface area contributed by atoms with Crippen molar-refractivity contribution in [2.24, 2.45) is 0 Å². The zero-order chi connectivity index (χ0) is 29.5. The number of halogens is 2. The fourth-order valence-corrected chi connectivity index (χ4v) is 4.50. The number of para-hydroxylation sites is 1. The van der Waals surface area contributed by atoms with Crippen LogP contribution in [0.5, 0.6) is 5.75 Å². The van der Waals surface area contributed by atoms with E-state index in [2.05, 4.69) is 35.6 Å². The molecule has 9 nitrogen and oxygen atoms in total. The monoisotopic (exact) mass is 642 g/mol. The fraction of sp³-hybridized carbons (Fsp3) is 0.357. The molecule has 0 bridgehead atoms. The molecular formula is C28H32Cl2N2O7S2. The van der Waals surface area contributed by atoms with Gasteiger partial charge in [0.15, 0.2) is 5.75 Å². The van der Waals surface area contributed by atoms with Crippen LogP contribution in [0.3, 0.4) is 0 Å². The van der Waals surface area contributed by atoms with Crippen molar-refractivity contribution in [3.63, 3.8) is 0 Å². The second-order valence-corrected chi connectivity index (χ2v) is 11.2. The first kappa shape index (κ1) is 33.3. The van der Waals surface area contributed by atoms with E-state index in [1.54, 1.807) is 36.5 Å². The molecule has 3 rings (SSSR count). The van der Waals surface area contributed by atoms with Crippen LogP contribution in [0.1, 0.15) is 16.1 Å². The number of benzene rings is 2. The minimum absolute atomic E-state index is 0.130. The average molecular weight is 644 g/mol. The molecule has 0 aliphatic rings. The standard InChI is InChI=1S/C28H32Cl2N2O7S2/c29-22-17-20(32-24-6-2-1-5-21(24)27(33)34)18-23(30)26(22)39-16-15-37-12-11-35-9-10-36-13-14-38-19-28(40,41)25-7-3-4-8-31-25/h1-8,17-18,32,40-41H,9-16,19H2,(H,33,34). The molecule has 0 amide bonds. The van der Waals surface area contributed by atoms with Crippen LogP contribution in [0.4, 0.5) is 11.4 Å². The van der Waals surface area contributed by atoms with Gasteiger partial charge in [0.1, 0.15) is 10.7 Å². The highest BCUT2D eigenvalue weighted by Gasteiger charge is 2.24. The first-order chi connectivity index (χ1) is 19.8. The van der Waals surface area contributed by atoms with E-state index in [1.807, 2.05) is 18.2 Å². The number of carboxylic acids is 1. The molecule has 0 unspecified atom stereocenters. The highest BCUT2D eigenvalue weighted by molar-refractivity contribution is 7.99. The van der Waals surface area contributed by atoms with E-state index >= 15 is 0 Å². The number of nitrogens with zero attached hydrogens (tertiary/aromatic N) is 1. The number of thiol groups is 2. The number of carboxylic acid groups (broad SMARTS) is 1. The molecule has 1 aromatic heterocycles. The Morgan fingerprint density at radius 2 is 1.39 bits per heavy atom. The molecule has 222 valence electrons. The number of hydrogen-bond acceptors (Lipinski definition) is 10. The van der Waals surface area contributed by atoms with Crippen molar-refractivity contribution in [3.8, 4) is 5.75 Å². The molecule has 0 fully saturated rings. The van der Waals surface area contributed by atoms with Crippen molar-refractivity contribution in [1.82, 2.24) is 4.98 Å². The third-order valence-electron chi connectivity index (χ3n) is 5.40. The Morgan fingerprint density at radius 1 is 0.829 bits per heavy atom. The first-order valence-electron chi connectivity index (χ1n) is 12.7. The number of ether oxygens (including phenoxy) is 5. The summed E-state index contributed by atoms with van der Waals surface area (Å²) in [5.41, 5.74) is 1.81. The van der Waals surface area contributed by atoms with Crippen molar-refractivity contribution in [1.29, 1.82) is 0 Å². The lowest BCUT2D eigenvalue weighted by Gasteiger charge is -2.21. The van der Waals surface area contributed by atoms with Crippen LogP contribution in [0.25, 0.3) is 0 Å². The number of nitrogens with one attached hydrogen (secondary N) is 1. The lowest BCUT2D eigenvalue weighted by atomic mass is 10.1. The number of pyridine rings is 1. The molecule has 0 saturated heterocycles. The maximum Gasteiger partial charge on any atom is 0.337 e. The van der Waals surface area contributed by atoms with Gasteiger partial charge in [-0.25, -0.2) is 4.79 Å². The van der Waals surface area contributed by atoms with Crippen molar-refractivity contribution < 1.29 is 33.6 Å². The van der Waals surface area contributed by atoms with E-state index in [9.17, 15) is 9.90 Å². The van der Waals surface area contributed by atoms with Crippen molar-refractivity contribution >= 4 is 65.8 Å². The first-order valence-corrected chi connectivity index (χ1v) is 14.3. The third kappa shape index (κ3) is 11.5. The van der Waals surface area contributed by atoms with Gasteiger partial charge in [-0.1, -0.05) is 41.4 Å². The Labute approximate surface area is 260 Å². The fourth-order valence-electron chi connectivity index (χ4n) is 3.45. The molecule has 2 N–H and O–H groups in total. The predicted molar refractivity (Wildman–Crippen MR) is 166 cm³/mol. The van der Waals surface area contributed by atoms with E-state index in [4.69, 9.17) is 46.9 Å². The van der Waals surface area contributed by atoms with Gasteiger partial charge in [-0.2, -0.15) is 25.3 Å². The average Bonchev–Trinajstić information content (AvgIpc) is 2.95. The van der Waals surface area contributed by atoms with E-state index in [0.29, 0.717) is 70.0 Å². The van der Waals surface area contributed by atoms with Gasteiger partial charge in [-0.15, -0.1) is 0 Å². The number of carbonyl (C=O) groups is 1. The van der Waals surface area contributed by atoms with Gasteiger partial charge in [-0.3, -0.25) is 4.98 Å². The number of aromatic nitrogens is 1. The van der Waals surface area contributed by atoms with Gasteiger partial charge >= 0.3 is 5.97 Å². The Balaban J connectivity index is 1.21. The molecule has 41 heavy (non-hydrogen) atoms. The summed E-state index contributed by atoms with van der Waals surface area (Å²) in [6.07, 6.45) is 1.69. The Hall–Kier alpha value is -2.22. The Bertz CT molecular complexity index is 1220. The van der Waals surface area contributed by atoms with Crippen LogP contribution in [0.15, 0.2) is 60.8 Å². The van der Waals surface area contributed by atoms with Crippen LogP contribution in [0, 0.1) is 0 Å². The Morgan fingerprint density at radius 3 is 1.98 bits per heavy atom. The number of anilines is 2. The zero-order valence-corrected chi connectivity index (χ0v) is 25.4. The summed E-state index contributed by atoms with van der Waals surface area (Å²) >= 11 is 21.7. The minimum Gasteiger partial charge on any atom is -0.488 e. The second-order valence-electron chi connectivity index (χ2n) is 8.51. The van der Waals surface area contributed by atoms with E-state index < -0.39 is 10.0 Å². The molecule has 13 heteroatoms. The van der Waals surface area contributed by atoms with Gasteiger partial charge in [-0.05, 0) is 36.4 Å². The number of aromatic carboxylic acids is 1. The van der Waals surface area contributed by atoms with Crippen molar-refractivity contribution in [2.75, 3.05) is 64.8 Å². The summed E-state index contributed by atoms with van der Waals surface area (Å²) in [5.74, 6) is -0.727. The third-order valence-corrected chi connectivity index (χ3v) is 6.68.